The van der Waals surface area contributed by atoms with Gasteiger partial charge in [-0.25, -0.2) is 9.97 Å². The lowest BCUT2D eigenvalue weighted by Gasteiger charge is -2.26. The summed E-state index contributed by atoms with van der Waals surface area (Å²) in [5.41, 5.74) is 1.47. The van der Waals surface area contributed by atoms with Crippen molar-refractivity contribution in [3.63, 3.8) is 0 Å². The first-order chi connectivity index (χ1) is 12.8. The first-order valence-electron chi connectivity index (χ1n) is 8.65. The first kappa shape index (κ1) is 16.4. The highest BCUT2D eigenvalue weighted by molar-refractivity contribution is 6.08. The van der Waals surface area contributed by atoms with Crippen molar-refractivity contribution in [3.05, 3.63) is 72.1 Å². The molecule has 26 heavy (non-hydrogen) atoms. The Labute approximate surface area is 152 Å². The van der Waals surface area contributed by atoms with Crippen LogP contribution < -0.4 is 4.90 Å². The lowest BCUT2D eigenvalue weighted by Crippen LogP contribution is -2.37. The lowest BCUT2D eigenvalue weighted by molar-refractivity contribution is 0.104. The normalized spacial score (nSPS) is 14.8. The molecule has 1 aliphatic rings. The predicted molar refractivity (Wildman–Crippen MR) is 102 cm³/mol. The third kappa shape index (κ3) is 3.63. The number of benzene rings is 2. The molecule has 4 rings (SSSR count). The zero-order valence-electron chi connectivity index (χ0n) is 14.3. The smallest absolute Gasteiger partial charge is 0.225 e. The van der Waals surface area contributed by atoms with Gasteiger partial charge in [-0.15, -0.1) is 0 Å². The molecular formula is C21H19N3O2. The van der Waals surface area contributed by atoms with Crippen molar-refractivity contribution in [1.82, 2.24) is 9.97 Å². The van der Waals surface area contributed by atoms with Gasteiger partial charge in [-0.05, 0) is 29.0 Å². The molecule has 0 amide bonds. The fourth-order valence-corrected chi connectivity index (χ4v) is 2.95. The van der Waals surface area contributed by atoms with Gasteiger partial charge in [0.1, 0.15) is 0 Å². The second-order valence-electron chi connectivity index (χ2n) is 6.18. The van der Waals surface area contributed by atoms with E-state index in [0.717, 1.165) is 29.4 Å². The molecule has 3 aromatic rings. The first-order valence-corrected chi connectivity index (χ1v) is 8.65. The van der Waals surface area contributed by atoms with Crippen LogP contribution in [0.4, 0.5) is 5.95 Å². The minimum absolute atomic E-state index is 0.0343. The maximum absolute atomic E-state index is 12.4. The van der Waals surface area contributed by atoms with E-state index in [1.807, 2.05) is 42.5 Å². The van der Waals surface area contributed by atoms with Gasteiger partial charge in [0, 0.05) is 36.6 Å². The number of nitrogens with zero attached hydrogens (tertiary/aromatic N) is 3. The zero-order chi connectivity index (χ0) is 17.8. The van der Waals surface area contributed by atoms with Gasteiger partial charge >= 0.3 is 0 Å². The zero-order valence-corrected chi connectivity index (χ0v) is 14.3. The van der Waals surface area contributed by atoms with E-state index in [-0.39, 0.29) is 5.78 Å². The van der Waals surface area contributed by atoms with Crippen LogP contribution >= 0.6 is 0 Å². The number of hydrogen-bond donors (Lipinski definition) is 0. The Hall–Kier alpha value is -3.05. The second kappa shape index (κ2) is 7.45. The quantitative estimate of drug-likeness (QED) is 0.536. The molecule has 130 valence electrons. The topological polar surface area (TPSA) is 55.3 Å². The van der Waals surface area contributed by atoms with E-state index in [1.54, 1.807) is 24.5 Å². The Bertz CT molecular complexity index is 945. The van der Waals surface area contributed by atoms with Gasteiger partial charge in [0.05, 0.1) is 13.2 Å². The number of fused-ring (bicyclic) bond motifs is 1. The number of anilines is 1. The van der Waals surface area contributed by atoms with E-state index < -0.39 is 0 Å². The SMILES string of the molecule is O=C(/C=C/c1cnc(N2CCOCC2)nc1)c1ccc2ccccc2c1. The van der Waals surface area contributed by atoms with E-state index in [2.05, 4.69) is 14.9 Å². The number of allylic oxidation sites excluding steroid dienone is 1. The van der Waals surface area contributed by atoms with Gasteiger partial charge in [-0.3, -0.25) is 4.79 Å². The average Bonchev–Trinajstić information content (AvgIpc) is 2.72. The van der Waals surface area contributed by atoms with Crippen molar-refractivity contribution >= 4 is 28.6 Å². The molecule has 0 aliphatic carbocycles. The Morgan fingerprint density at radius 1 is 1.00 bits per heavy atom. The molecule has 0 N–H and O–H groups in total. The molecule has 1 aliphatic heterocycles. The van der Waals surface area contributed by atoms with Crippen LogP contribution in [-0.2, 0) is 4.74 Å². The minimum atomic E-state index is -0.0343. The summed E-state index contributed by atoms with van der Waals surface area (Å²) in [4.78, 5) is 23.3. The number of hydrogen-bond acceptors (Lipinski definition) is 5. The molecular weight excluding hydrogens is 326 g/mol. The molecule has 2 heterocycles. The van der Waals surface area contributed by atoms with Crippen LogP contribution in [0, 0.1) is 0 Å². The molecule has 0 atom stereocenters. The maximum atomic E-state index is 12.4. The summed E-state index contributed by atoms with van der Waals surface area (Å²) < 4.78 is 5.33. The second-order valence-corrected chi connectivity index (χ2v) is 6.18. The van der Waals surface area contributed by atoms with Gasteiger partial charge in [0.25, 0.3) is 0 Å². The summed E-state index contributed by atoms with van der Waals surface area (Å²) in [5, 5.41) is 2.19. The number of carbonyl (C=O) groups is 1. The molecule has 0 unspecified atom stereocenters. The summed E-state index contributed by atoms with van der Waals surface area (Å²) in [6.45, 7) is 3.00. The van der Waals surface area contributed by atoms with Crippen LogP contribution in [0.2, 0.25) is 0 Å². The third-order valence-electron chi connectivity index (χ3n) is 4.41. The highest BCUT2D eigenvalue weighted by atomic mass is 16.5. The summed E-state index contributed by atoms with van der Waals surface area (Å²) in [6, 6.07) is 13.7. The van der Waals surface area contributed by atoms with Gasteiger partial charge in [0.2, 0.25) is 5.95 Å². The number of morpholine rings is 1. The molecule has 1 saturated heterocycles. The highest BCUT2D eigenvalue weighted by Gasteiger charge is 2.13. The molecule has 0 bridgehead atoms. The van der Waals surface area contributed by atoms with Crippen molar-refractivity contribution in [2.24, 2.45) is 0 Å². The van der Waals surface area contributed by atoms with E-state index in [0.29, 0.717) is 24.7 Å². The highest BCUT2D eigenvalue weighted by Crippen LogP contribution is 2.17. The number of ether oxygens (including phenoxy) is 1. The van der Waals surface area contributed by atoms with Crippen LogP contribution in [-0.4, -0.2) is 42.1 Å². The molecule has 0 saturated carbocycles. The molecule has 0 spiro atoms. The standard InChI is InChI=1S/C21H19N3O2/c25-20(19-7-6-17-3-1-2-4-18(17)13-19)8-5-16-14-22-21(23-15-16)24-9-11-26-12-10-24/h1-8,13-15H,9-12H2/b8-5+. The van der Waals surface area contributed by atoms with Crippen molar-refractivity contribution < 1.29 is 9.53 Å². The lowest BCUT2D eigenvalue weighted by atomic mass is 10.0. The average molecular weight is 345 g/mol. The van der Waals surface area contributed by atoms with Gasteiger partial charge in [-0.1, -0.05) is 36.4 Å². The number of rotatable bonds is 4. The van der Waals surface area contributed by atoms with Gasteiger partial charge < -0.3 is 9.64 Å². The maximum Gasteiger partial charge on any atom is 0.225 e. The molecule has 5 nitrogen and oxygen atoms in total. The van der Waals surface area contributed by atoms with Gasteiger partial charge in [-0.2, -0.15) is 0 Å². The third-order valence-corrected chi connectivity index (χ3v) is 4.41. The van der Waals surface area contributed by atoms with Crippen molar-refractivity contribution in [2.75, 3.05) is 31.2 Å². The fraction of sp³-hybridized carbons (Fsp3) is 0.190. The molecule has 2 aromatic carbocycles. The summed E-state index contributed by atoms with van der Waals surface area (Å²) in [7, 11) is 0. The molecule has 0 radical (unpaired) electrons. The number of ketones is 1. The number of aromatic nitrogens is 2. The summed E-state index contributed by atoms with van der Waals surface area (Å²) >= 11 is 0. The van der Waals surface area contributed by atoms with Crippen LogP contribution in [0.25, 0.3) is 16.8 Å². The number of carbonyl (C=O) groups excluding carboxylic acids is 1. The largest absolute Gasteiger partial charge is 0.378 e. The van der Waals surface area contributed by atoms with E-state index >= 15 is 0 Å². The van der Waals surface area contributed by atoms with Crippen molar-refractivity contribution in [2.45, 2.75) is 0 Å². The van der Waals surface area contributed by atoms with E-state index in [1.165, 1.54) is 0 Å². The van der Waals surface area contributed by atoms with Crippen molar-refractivity contribution in [3.8, 4) is 0 Å². The predicted octanol–water partition coefficient (Wildman–Crippen LogP) is 3.36. The Balaban J connectivity index is 1.46. The molecule has 5 heteroatoms. The summed E-state index contributed by atoms with van der Waals surface area (Å²) in [5.74, 6) is 0.666. The summed E-state index contributed by atoms with van der Waals surface area (Å²) in [6.07, 6.45) is 6.79. The monoisotopic (exact) mass is 345 g/mol. The Morgan fingerprint density at radius 3 is 2.50 bits per heavy atom. The van der Waals surface area contributed by atoms with Crippen LogP contribution in [0.3, 0.4) is 0 Å². The molecule has 1 aromatic heterocycles. The molecule has 1 fully saturated rings. The fourth-order valence-electron chi connectivity index (χ4n) is 2.95. The van der Waals surface area contributed by atoms with E-state index in [4.69, 9.17) is 4.74 Å². The van der Waals surface area contributed by atoms with Gasteiger partial charge in [0.15, 0.2) is 5.78 Å². The minimum Gasteiger partial charge on any atom is -0.378 e. The van der Waals surface area contributed by atoms with Crippen LogP contribution in [0.5, 0.6) is 0 Å². The van der Waals surface area contributed by atoms with E-state index in [9.17, 15) is 4.79 Å². The Kier molecular flexibility index (Phi) is 4.71. The van der Waals surface area contributed by atoms with Crippen LogP contribution in [0.15, 0.2) is 60.9 Å². The van der Waals surface area contributed by atoms with Crippen molar-refractivity contribution in [1.29, 1.82) is 0 Å². The van der Waals surface area contributed by atoms with Crippen LogP contribution in [0.1, 0.15) is 15.9 Å². The Morgan fingerprint density at radius 2 is 1.73 bits per heavy atom.